The lowest BCUT2D eigenvalue weighted by Crippen LogP contribution is -2.05. The molecule has 17 heavy (non-hydrogen) atoms. The molecule has 5 heteroatoms. The van der Waals surface area contributed by atoms with E-state index in [9.17, 15) is 0 Å². The molecule has 0 saturated heterocycles. The zero-order valence-corrected chi connectivity index (χ0v) is 11.7. The van der Waals surface area contributed by atoms with Crippen LogP contribution >= 0.6 is 27.5 Å². The van der Waals surface area contributed by atoms with Gasteiger partial charge in [-0.1, -0.05) is 17.7 Å². The molecule has 0 aliphatic rings. The standard InChI is InChI=1S/C12H12BrClN2O/c1-2-16-7-11(13)15-12(16)8-17-10-5-3-4-9(14)6-10/h3-7H,2,8H2,1H3. The third-order valence-electron chi connectivity index (χ3n) is 2.33. The molecule has 0 aliphatic carbocycles. The summed E-state index contributed by atoms with van der Waals surface area (Å²) in [5, 5.41) is 0.669. The van der Waals surface area contributed by atoms with E-state index in [2.05, 4.69) is 27.8 Å². The van der Waals surface area contributed by atoms with Gasteiger partial charge in [-0.05, 0) is 41.1 Å². The molecule has 1 aromatic heterocycles. The Kier molecular flexibility index (Phi) is 4.07. The predicted molar refractivity (Wildman–Crippen MR) is 71.4 cm³/mol. The van der Waals surface area contributed by atoms with Gasteiger partial charge in [-0.2, -0.15) is 0 Å². The Morgan fingerprint density at radius 2 is 2.29 bits per heavy atom. The number of halogens is 2. The van der Waals surface area contributed by atoms with Gasteiger partial charge in [-0.3, -0.25) is 0 Å². The number of hydrogen-bond donors (Lipinski definition) is 0. The van der Waals surface area contributed by atoms with Crippen LogP contribution in [-0.2, 0) is 13.2 Å². The number of aryl methyl sites for hydroxylation is 1. The van der Waals surface area contributed by atoms with Crippen LogP contribution in [0.3, 0.4) is 0 Å². The van der Waals surface area contributed by atoms with Crippen LogP contribution in [0.15, 0.2) is 35.1 Å². The van der Waals surface area contributed by atoms with E-state index in [1.807, 2.05) is 29.0 Å². The average molecular weight is 316 g/mol. The number of imidazole rings is 1. The first-order valence-corrected chi connectivity index (χ1v) is 6.46. The normalized spacial score (nSPS) is 10.5. The average Bonchev–Trinajstić information content (AvgIpc) is 2.67. The summed E-state index contributed by atoms with van der Waals surface area (Å²) >= 11 is 9.23. The van der Waals surface area contributed by atoms with E-state index < -0.39 is 0 Å². The third-order valence-corrected chi connectivity index (χ3v) is 2.95. The van der Waals surface area contributed by atoms with E-state index in [1.165, 1.54) is 0 Å². The van der Waals surface area contributed by atoms with E-state index in [4.69, 9.17) is 16.3 Å². The largest absolute Gasteiger partial charge is 0.486 e. The van der Waals surface area contributed by atoms with Gasteiger partial charge in [0.05, 0.1) is 0 Å². The third kappa shape index (κ3) is 3.23. The molecule has 90 valence electrons. The van der Waals surface area contributed by atoms with Gasteiger partial charge in [-0.25, -0.2) is 4.98 Å². The van der Waals surface area contributed by atoms with Crippen molar-refractivity contribution in [2.75, 3.05) is 0 Å². The monoisotopic (exact) mass is 314 g/mol. The molecule has 0 bridgehead atoms. The predicted octanol–water partition coefficient (Wildman–Crippen LogP) is 3.90. The molecule has 0 saturated carbocycles. The van der Waals surface area contributed by atoms with Gasteiger partial charge in [-0.15, -0.1) is 0 Å². The molecule has 3 nitrogen and oxygen atoms in total. The van der Waals surface area contributed by atoms with Crippen molar-refractivity contribution in [3.63, 3.8) is 0 Å². The quantitative estimate of drug-likeness (QED) is 0.855. The first kappa shape index (κ1) is 12.5. The summed E-state index contributed by atoms with van der Waals surface area (Å²) < 4.78 is 8.50. The van der Waals surface area contributed by atoms with E-state index in [-0.39, 0.29) is 0 Å². The Morgan fingerprint density at radius 3 is 3.00 bits per heavy atom. The zero-order valence-electron chi connectivity index (χ0n) is 9.36. The lowest BCUT2D eigenvalue weighted by atomic mass is 10.3. The fraction of sp³-hybridized carbons (Fsp3) is 0.250. The summed E-state index contributed by atoms with van der Waals surface area (Å²) in [4.78, 5) is 4.34. The summed E-state index contributed by atoms with van der Waals surface area (Å²) in [7, 11) is 0. The molecule has 0 radical (unpaired) electrons. The molecular weight excluding hydrogens is 304 g/mol. The second kappa shape index (κ2) is 5.56. The SMILES string of the molecule is CCn1cc(Br)nc1COc1cccc(Cl)c1. The van der Waals surface area contributed by atoms with Gasteiger partial charge in [0.1, 0.15) is 22.8 Å². The van der Waals surface area contributed by atoms with Crippen molar-refractivity contribution in [3.05, 3.63) is 45.9 Å². The van der Waals surface area contributed by atoms with Crippen molar-refractivity contribution in [2.24, 2.45) is 0 Å². The van der Waals surface area contributed by atoms with Crippen LogP contribution in [0.25, 0.3) is 0 Å². The topological polar surface area (TPSA) is 27.1 Å². The summed E-state index contributed by atoms with van der Waals surface area (Å²) in [5.41, 5.74) is 0. The Morgan fingerprint density at radius 1 is 1.47 bits per heavy atom. The number of aromatic nitrogens is 2. The van der Waals surface area contributed by atoms with Gasteiger partial charge in [0, 0.05) is 17.8 Å². The smallest absolute Gasteiger partial charge is 0.148 e. The van der Waals surface area contributed by atoms with E-state index in [0.29, 0.717) is 11.6 Å². The summed E-state index contributed by atoms with van der Waals surface area (Å²) in [6.45, 7) is 3.36. The second-order valence-corrected chi connectivity index (χ2v) is 4.76. The number of hydrogen-bond acceptors (Lipinski definition) is 2. The fourth-order valence-electron chi connectivity index (χ4n) is 1.51. The highest BCUT2D eigenvalue weighted by molar-refractivity contribution is 9.10. The molecule has 1 heterocycles. The number of nitrogens with zero attached hydrogens (tertiary/aromatic N) is 2. The zero-order chi connectivity index (χ0) is 12.3. The first-order valence-electron chi connectivity index (χ1n) is 5.29. The van der Waals surface area contributed by atoms with E-state index in [0.717, 1.165) is 22.7 Å². The lowest BCUT2D eigenvalue weighted by molar-refractivity contribution is 0.290. The maximum Gasteiger partial charge on any atom is 0.148 e. The molecule has 2 aromatic rings. The molecule has 0 unspecified atom stereocenters. The summed E-state index contributed by atoms with van der Waals surface area (Å²) in [6, 6.07) is 7.34. The van der Waals surface area contributed by atoms with Crippen LogP contribution < -0.4 is 4.74 Å². The number of benzene rings is 1. The van der Waals surface area contributed by atoms with Crippen LogP contribution in [0.5, 0.6) is 5.75 Å². The molecule has 0 atom stereocenters. The van der Waals surface area contributed by atoms with Crippen molar-refractivity contribution in [1.29, 1.82) is 0 Å². The molecule has 2 rings (SSSR count). The van der Waals surface area contributed by atoms with Gasteiger partial charge in [0.15, 0.2) is 0 Å². The van der Waals surface area contributed by atoms with Crippen LogP contribution in [-0.4, -0.2) is 9.55 Å². The van der Waals surface area contributed by atoms with Crippen molar-refractivity contribution in [2.45, 2.75) is 20.1 Å². The Balaban J connectivity index is 2.06. The first-order chi connectivity index (χ1) is 8.19. The van der Waals surface area contributed by atoms with E-state index in [1.54, 1.807) is 6.07 Å². The highest BCUT2D eigenvalue weighted by Gasteiger charge is 2.05. The lowest BCUT2D eigenvalue weighted by Gasteiger charge is -2.07. The summed E-state index contributed by atoms with van der Waals surface area (Å²) in [5.74, 6) is 1.64. The van der Waals surface area contributed by atoms with Crippen molar-refractivity contribution in [3.8, 4) is 5.75 Å². The minimum atomic E-state index is 0.430. The maximum atomic E-state index is 5.88. The molecule has 0 fully saturated rings. The van der Waals surface area contributed by atoms with Gasteiger partial charge in [0.2, 0.25) is 0 Å². The van der Waals surface area contributed by atoms with Crippen molar-refractivity contribution < 1.29 is 4.74 Å². The Hall–Kier alpha value is -1.00. The summed E-state index contributed by atoms with van der Waals surface area (Å²) in [6.07, 6.45) is 1.94. The van der Waals surface area contributed by atoms with E-state index >= 15 is 0 Å². The maximum absolute atomic E-state index is 5.88. The van der Waals surface area contributed by atoms with Gasteiger partial charge < -0.3 is 9.30 Å². The molecule has 0 amide bonds. The second-order valence-electron chi connectivity index (χ2n) is 3.51. The minimum Gasteiger partial charge on any atom is -0.486 e. The number of ether oxygens (including phenoxy) is 1. The fourth-order valence-corrected chi connectivity index (χ4v) is 2.15. The molecular formula is C12H12BrClN2O. The van der Waals surface area contributed by atoms with Gasteiger partial charge >= 0.3 is 0 Å². The van der Waals surface area contributed by atoms with Crippen LogP contribution in [0.4, 0.5) is 0 Å². The van der Waals surface area contributed by atoms with Crippen LogP contribution in [0.1, 0.15) is 12.7 Å². The highest BCUT2D eigenvalue weighted by Crippen LogP contribution is 2.19. The molecule has 1 aromatic carbocycles. The van der Waals surface area contributed by atoms with Crippen molar-refractivity contribution in [1.82, 2.24) is 9.55 Å². The Labute approximate surface area is 114 Å². The van der Waals surface area contributed by atoms with Gasteiger partial charge in [0.25, 0.3) is 0 Å². The van der Waals surface area contributed by atoms with Crippen molar-refractivity contribution >= 4 is 27.5 Å². The molecule has 0 N–H and O–H groups in total. The Bertz CT molecular complexity index is 513. The minimum absolute atomic E-state index is 0.430. The van der Waals surface area contributed by atoms with Crippen LogP contribution in [0.2, 0.25) is 5.02 Å². The highest BCUT2D eigenvalue weighted by atomic mass is 79.9. The van der Waals surface area contributed by atoms with Crippen LogP contribution in [0, 0.1) is 0 Å². The number of rotatable bonds is 4. The molecule has 0 aliphatic heterocycles. The molecule has 0 spiro atoms.